The Morgan fingerprint density at radius 2 is 1.00 bits per heavy atom. The van der Waals surface area contributed by atoms with Crippen LogP contribution in [0.2, 0.25) is 0 Å². The third kappa shape index (κ3) is 3.08. The fourth-order valence-corrected chi connectivity index (χ4v) is 7.57. The predicted octanol–water partition coefficient (Wildman–Crippen LogP) is 3.97. The number of hydrogen-bond donors (Lipinski definition) is 0. The molecule has 0 aliphatic rings. The molecule has 3 nitrogen and oxygen atoms in total. The molecule has 28 heavy (non-hydrogen) atoms. The summed E-state index contributed by atoms with van der Waals surface area (Å²) in [5.41, 5.74) is 0.0428. The minimum Gasteiger partial charge on any atom is -0.264 e. The van der Waals surface area contributed by atoms with Crippen LogP contribution in [0, 0.1) is 5.82 Å². The van der Waals surface area contributed by atoms with Gasteiger partial charge in [0.25, 0.3) is 0 Å². The minimum atomic E-state index is -2.92. The molecule has 0 amide bonds. The molecule has 6 heteroatoms. The van der Waals surface area contributed by atoms with E-state index in [-0.39, 0.29) is 5.56 Å². The highest BCUT2D eigenvalue weighted by Crippen LogP contribution is 2.67. The SMILES string of the molecule is Fc1ccccc1C(F)[P+](c1ccncc1)(c1ccncc1)c1ccncc1. The van der Waals surface area contributed by atoms with Crippen LogP contribution in [0.25, 0.3) is 0 Å². The van der Waals surface area contributed by atoms with E-state index in [1.165, 1.54) is 12.1 Å². The van der Waals surface area contributed by atoms with Crippen LogP contribution in [0.5, 0.6) is 0 Å². The Bertz CT molecular complexity index is 950. The van der Waals surface area contributed by atoms with Crippen molar-refractivity contribution in [1.29, 1.82) is 0 Å². The van der Waals surface area contributed by atoms with Gasteiger partial charge in [0.1, 0.15) is 21.7 Å². The molecule has 1 unspecified atom stereocenters. The molecule has 0 saturated carbocycles. The maximum Gasteiger partial charge on any atom is 0.247 e. The number of halogens is 2. The van der Waals surface area contributed by atoms with Gasteiger partial charge in [0, 0.05) is 37.2 Å². The van der Waals surface area contributed by atoms with E-state index in [1.807, 2.05) is 36.4 Å². The van der Waals surface area contributed by atoms with E-state index in [0.29, 0.717) is 0 Å². The average Bonchev–Trinajstić information content (AvgIpc) is 2.77. The average molecular weight is 392 g/mol. The van der Waals surface area contributed by atoms with E-state index in [0.717, 1.165) is 15.9 Å². The lowest BCUT2D eigenvalue weighted by Crippen LogP contribution is -2.34. The standard InChI is InChI=1S/C22H17F2N3P/c23-21-4-2-1-3-20(21)22(24)28(17-5-11-25-12-6-17,18-7-13-26-14-8-18)19-9-15-27-16-10-19/h1-16,22H/q+1. The first-order valence-electron chi connectivity index (χ1n) is 8.73. The second-order valence-corrected chi connectivity index (χ2v) is 9.64. The number of aromatic nitrogens is 3. The molecule has 0 N–H and O–H groups in total. The van der Waals surface area contributed by atoms with E-state index in [1.54, 1.807) is 49.3 Å². The maximum absolute atomic E-state index is 16.5. The molecule has 0 aliphatic carbocycles. The summed E-state index contributed by atoms with van der Waals surface area (Å²) in [5, 5.41) is 2.32. The summed E-state index contributed by atoms with van der Waals surface area (Å²) in [6.07, 6.45) is 9.84. The third-order valence-electron chi connectivity index (χ3n) is 4.71. The lowest BCUT2D eigenvalue weighted by molar-refractivity contribution is 0.442. The first kappa shape index (κ1) is 18.3. The van der Waals surface area contributed by atoms with Crippen LogP contribution in [-0.4, -0.2) is 15.0 Å². The summed E-state index contributed by atoms with van der Waals surface area (Å²) in [6.45, 7) is 0. The highest BCUT2D eigenvalue weighted by Gasteiger charge is 2.54. The van der Waals surface area contributed by atoms with E-state index in [2.05, 4.69) is 15.0 Å². The number of rotatable bonds is 5. The molecule has 0 saturated heterocycles. The van der Waals surface area contributed by atoms with Crippen LogP contribution in [0.1, 0.15) is 11.5 Å². The quantitative estimate of drug-likeness (QED) is 0.483. The van der Waals surface area contributed by atoms with Crippen molar-refractivity contribution in [2.75, 3.05) is 0 Å². The molecule has 3 heterocycles. The zero-order valence-corrected chi connectivity index (χ0v) is 15.8. The van der Waals surface area contributed by atoms with E-state index < -0.39 is 19.0 Å². The van der Waals surface area contributed by atoms with Crippen LogP contribution in [-0.2, 0) is 0 Å². The largest absolute Gasteiger partial charge is 0.264 e. The molecule has 0 spiro atoms. The van der Waals surface area contributed by atoms with E-state index in [4.69, 9.17) is 0 Å². The second kappa shape index (κ2) is 7.91. The smallest absolute Gasteiger partial charge is 0.247 e. The number of alkyl halides is 1. The molecule has 138 valence electrons. The molecule has 0 bridgehead atoms. The monoisotopic (exact) mass is 392 g/mol. The fraction of sp³-hybridized carbons (Fsp3) is 0.0455. The molecule has 1 aromatic carbocycles. The lowest BCUT2D eigenvalue weighted by atomic mass is 10.2. The molecular formula is C22H17F2N3P+. The van der Waals surface area contributed by atoms with Gasteiger partial charge in [-0.2, -0.15) is 4.39 Å². The van der Waals surface area contributed by atoms with E-state index in [9.17, 15) is 4.39 Å². The van der Waals surface area contributed by atoms with Crippen LogP contribution in [0.15, 0.2) is 97.8 Å². The van der Waals surface area contributed by atoms with Gasteiger partial charge in [0.2, 0.25) is 5.91 Å². The predicted molar refractivity (Wildman–Crippen MR) is 109 cm³/mol. The summed E-state index contributed by atoms with van der Waals surface area (Å²) in [4.78, 5) is 12.3. The number of hydrogen-bond acceptors (Lipinski definition) is 3. The maximum atomic E-state index is 16.5. The lowest BCUT2D eigenvalue weighted by Gasteiger charge is -2.30. The van der Waals surface area contributed by atoms with Crippen LogP contribution >= 0.6 is 7.26 Å². The molecule has 0 radical (unpaired) electrons. The second-order valence-electron chi connectivity index (χ2n) is 6.20. The number of benzene rings is 1. The van der Waals surface area contributed by atoms with Crippen LogP contribution in [0.3, 0.4) is 0 Å². The van der Waals surface area contributed by atoms with Gasteiger partial charge in [0.15, 0.2) is 7.26 Å². The van der Waals surface area contributed by atoms with Gasteiger partial charge in [-0.1, -0.05) is 12.1 Å². The van der Waals surface area contributed by atoms with Crippen molar-refractivity contribution in [3.05, 3.63) is 109 Å². The topological polar surface area (TPSA) is 38.7 Å². The molecule has 0 fully saturated rings. The highest BCUT2D eigenvalue weighted by molar-refractivity contribution is 7.95. The van der Waals surface area contributed by atoms with Crippen molar-refractivity contribution in [2.24, 2.45) is 0 Å². The molecular weight excluding hydrogens is 375 g/mol. The zero-order valence-electron chi connectivity index (χ0n) is 14.9. The van der Waals surface area contributed by atoms with Crippen molar-refractivity contribution in [3.8, 4) is 0 Å². The van der Waals surface area contributed by atoms with Crippen molar-refractivity contribution >= 4 is 23.2 Å². The molecule has 1 atom stereocenters. The van der Waals surface area contributed by atoms with Crippen molar-refractivity contribution in [3.63, 3.8) is 0 Å². The number of nitrogens with zero attached hydrogens (tertiary/aromatic N) is 3. The normalized spacial score (nSPS) is 12.5. The third-order valence-corrected chi connectivity index (χ3v) is 9.01. The summed E-state index contributed by atoms with van der Waals surface area (Å²) in [6, 6.07) is 16.9. The van der Waals surface area contributed by atoms with Crippen LogP contribution < -0.4 is 15.9 Å². The van der Waals surface area contributed by atoms with Crippen molar-refractivity contribution in [1.82, 2.24) is 15.0 Å². The summed E-state index contributed by atoms with van der Waals surface area (Å²) in [7, 11) is -2.92. The van der Waals surface area contributed by atoms with Gasteiger partial charge in [-0.25, -0.2) is 4.39 Å². The van der Waals surface area contributed by atoms with Gasteiger partial charge < -0.3 is 0 Å². The Balaban J connectivity index is 2.09. The minimum absolute atomic E-state index is 0.0428. The van der Waals surface area contributed by atoms with Crippen molar-refractivity contribution < 1.29 is 8.78 Å². The first-order chi connectivity index (χ1) is 13.7. The highest BCUT2D eigenvalue weighted by atomic mass is 31.2. The van der Waals surface area contributed by atoms with Gasteiger partial charge in [0.05, 0.1) is 5.56 Å². The molecule has 4 aromatic rings. The Kier molecular flexibility index (Phi) is 5.18. The molecule has 4 rings (SSSR count). The Labute approximate surface area is 162 Å². The first-order valence-corrected chi connectivity index (χ1v) is 10.6. The summed E-state index contributed by atoms with van der Waals surface area (Å²) in [5.74, 6) is -2.14. The summed E-state index contributed by atoms with van der Waals surface area (Å²) < 4.78 is 31.2. The van der Waals surface area contributed by atoms with Gasteiger partial charge in [-0.05, 0) is 48.5 Å². The fourth-order valence-electron chi connectivity index (χ4n) is 3.45. The van der Waals surface area contributed by atoms with Crippen LogP contribution in [0.4, 0.5) is 8.78 Å². The van der Waals surface area contributed by atoms with Crippen molar-refractivity contribution in [2.45, 2.75) is 5.91 Å². The van der Waals surface area contributed by atoms with E-state index >= 15 is 4.39 Å². The Hall–Kier alpha value is -3.04. The summed E-state index contributed by atoms with van der Waals surface area (Å²) >= 11 is 0. The Morgan fingerprint density at radius 3 is 1.39 bits per heavy atom. The molecule has 0 aliphatic heterocycles. The Morgan fingerprint density at radius 1 is 0.607 bits per heavy atom. The number of pyridine rings is 3. The van der Waals surface area contributed by atoms with Gasteiger partial charge in [-0.15, -0.1) is 0 Å². The van der Waals surface area contributed by atoms with Gasteiger partial charge in [-0.3, -0.25) is 15.0 Å². The zero-order chi connectivity index (χ0) is 19.4. The van der Waals surface area contributed by atoms with Gasteiger partial charge >= 0.3 is 0 Å². The molecule has 3 aromatic heterocycles.